The normalized spacial score (nSPS) is 13.6. The van der Waals surface area contributed by atoms with E-state index in [1.165, 1.54) is 0 Å². The summed E-state index contributed by atoms with van der Waals surface area (Å²) in [7, 11) is 0. The van der Waals surface area contributed by atoms with Gasteiger partial charge >= 0.3 is 5.97 Å². The number of carboxylic acids is 1. The quantitative estimate of drug-likeness (QED) is 0.596. The van der Waals surface area contributed by atoms with Crippen LogP contribution >= 0.6 is 0 Å². The van der Waals surface area contributed by atoms with Crippen molar-refractivity contribution in [2.75, 3.05) is 25.1 Å². The van der Waals surface area contributed by atoms with Crippen molar-refractivity contribution < 1.29 is 14.6 Å². The molecule has 1 aliphatic rings. The van der Waals surface area contributed by atoms with Gasteiger partial charge in [0.15, 0.2) is 0 Å². The number of carbonyl (C=O) groups is 1. The van der Waals surface area contributed by atoms with Crippen LogP contribution in [0.2, 0.25) is 0 Å². The Kier molecular flexibility index (Phi) is 5.33. The molecule has 2 rings (SSSR count). The Morgan fingerprint density at radius 3 is 2.95 bits per heavy atom. The van der Waals surface area contributed by atoms with Gasteiger partial charge in [-0.05, 0) is 44.2 Å². The van der Waals surface area contributed by atoms with Gasteiger partial charge in [0, 0.05) is 12.2 Å². The molecule has 0 saturated carbocycles. The highest BCUT2D eigenvalue weighted by Crippen LogP contribution is 2.24. The smallest absolute Gasteiger partial charge is 0.339 e. The van der Waals surface area contributed by atoms with Crippen LogP contribution in [0.5, 0.6) is 0 Å². The number of nitrogens with one attached hydrogen (secondary N) is 1. The van der Waals surface area contributed by atoms with Gasteiger partial charge in [0.05, 0.1) is 13.2 Å². The number of pyridine rings is 1. The zero-order valence-corrected chi connectivity index (χ0v) is 12.4. The van der Waals surface area contributed by atoms with Crippen molar-refractivity contribution in [3.63, 3.8) is 0 Å². The van der Waals surface area contributed by atoms with Crippen LogP contribution < -0.4 is 5.32 Å². The average molecular weight is 290 g/mol. The predicted octanol–water partition coefficient (Wildman–Crippen LogP) is 2.66. The van der Waals surface area contributed by atoms with Gasteiger partial charge in [-0.15, -0.1) is 0 Å². The van der Waals surface area contributed by atoms with E-state index in [1.807, 2.05) is 6.92 Å². The minimum Gasteiger partial charge on any atom is -0.478 e. The fourth-order valence-electron chi connectivity index (χ4n) is 2.42. The lowest BCUT2D eigenvalue weighted by molar-refractivity contribution is 0.0697. The molecule has 1 aliphatic carbocycles. The van der Waals surface area contributed by atoms with E-state index in [1.54, 1.807) is 6.07 Å². The Bertz CT molecular complexity index is 541. The second-order valence-corrected chi connectivity index (χ2v) is 5.44. The first kappa shape index (κ1) is 15.5. The van der Waals surface area contributed by atoms with Crippen molar-refractivity contribution in [3.05, 3.63) is 35.0 Å². The van der Waals surface area contributed by atoms with Crippen LogP contribution in [-0.2, 0) is 17.6 Å². The van der Waals surface area contributed by atoms with Crippen LogP contribution in [0.25, 0.3) is 0 Å². The van der Waals surface area contributed by atoms with E-state index < -0.39 is 5.97 Å². The summed E-state index contributed by atoms with van der Waals surface area (Å²) in [6, 6.07) is 1.76. The molecule has 0 atom stereocenters. The van der Waals surface area contributed by atoms with Crippen molar-refractivity contribution >= 4 is 11.8 Å². The van der Waals surface area contributed by atoms with Gasteiger partial charge < -0.3 is 15.2 Å². The number of rotatable bonds is 7. The van der Waals surface area contributed by atoms with Crippen LogP contribution in [0.1, 0.15) is 41.4 Å². The lowest BCUT2D eigenvalue weighted by Gasteiger charge is -2.18. The van der Waals surface area contributed by atoms with Crippen molar-refractivity contribution in [2.45, 2.75) is 32.6 Å². The maximum absolute atomic E-state index is 11.4. The lowest BCUT2D eigenvalue weighted by atomic mass is 9.95. The Hall–Kier alpha value is -1.88. The van der Waals surface area contributed by atoms with Crippen molar-refractivity contribution in [1.82, 2.24) is 4.98 Å². The Morgan fingerprint density at radius 2 is 2.24 bits per heavy atom. The summed E-state index contributed by atoms with van der Waals surface area (Å²) in [4.78, 5) is 15.9. The minimum atomic E-state index is -0.943. The Morgan fingerprint density at radius 1 is 1.48 bits per heavy atom. The average Bonchev–Trinajstić information content (AvgIpc) is 2.45. The molecular formula is C16H22N2O3. The van der Waals surface area contributed by atoms with Crippen LogP contribution in [-0.4, -0.2) is 35.8 Å². The van der Waals surface area contributed by atoms with E-state index in [2.05, 4.69) is 16.9 Å². The fourth-order valence-corrected chi connectivity index (χ4v) is 2.42. The van der Waals surface area contributed by atoms with Gasteiger partial charge in [-0.3, -0.25) is 0 Å². The molecule has 0 amide bonds. The van der Waals surface area contributed by atoms with Gasteiger partial charge in [0.2, 0.25) is 0 Å². The zero-order chi connectivity index (χ0) is 15.2. The molecule has 0 bridgehead atoms. The third-order valence-electron chi connectivity index (χ3n) is 3.42. The van der Waals surface area contributed by atoms with E-state index in [9.17, 15) is 9.90 Å². The molecule has 0 saturated heterocycles. The lowest BCUT2D eigenvalue weighted by Crippen LogP contribution is -2.17. The van der Waals surface area contributed by atoms with Crippen molar-refractivity contribution in [3.8, 4) is 0 Å². The molecule has 5 heteroatoms. The number of carboxylic acid groups (broad SMARTS) is 1. The predicted molar refractivity (Wildman–Crippen MR) is 82.0 cm³/mol. The number of anilines is 1. The monoisotopic (exact) mass is 290 g/mol. The van der Waals surface area contributed by atoms with E-state index in [0.29, 0.717) is 25.6 Å². The van der Waals surface area contributed by atoms with Crippen LogP contribution in [0, 0.1) is 0 Å². The van der Waals surface area contributed by atoms with Gasteiger partial charge in [0.1, 0.15) is 11.4 Å². The number of aromatic carboxylic acids is 1. The minimum absolute atomic E-state index is 0.246. The van der Waals surface area contributed by atoms with E-state index >= 15 is 0 Å². The third-order valence-corrected chi connectivity index (χ3v) is 3.42. The summed E-state index contributed by atoms with van der Waals surface area (Å²) in [5.41, 5.74) is 3.31. The van der Waals surface area contributed by atoms with E-state index in [4.69, 9.17) is 4.74 Å². The molecule has 1 heterocycles. The maximum atomic E-state index is 11.4. The highest BCUT2D eigenvalue weighted by Gasteiger charge is 2.18. The molecular weight excluding hydrogens is 268 g/mol. The summed E-state index contributed by atoms with van der Waals surface area (Å²) < 4.78 is 5.39. The highest BCUT2D eigenvalue weighted by molar-refractivity contribution is 5.93. The van der Waals surface area contributed by atoms with Gasteiger partial charge in [0.25, 0.3) is 0 Å². The largest absolute Gasteiger partial charge is 0.478 e. The first-order chi connectivity index (χ1) is 10.1. The van der Waals surface area contributed by atoms with Gasteiger partial charge in [-0.25, -0.2) is 9.78 Å². The molecule has 114 valence electrons. The Labute approximate surface area is 125 Å². The molecule has 0 unspecified atom stereocenters. The summed E-state index contributed by atoms with van der Waals surface area (Å²) in [6.45, 7) is 7.20. The highest BCUT2D eigenvalue weighted by atomic mass is 16.5. The molecule has 0 spiro atoms. The number of aryl methyl sites for hydroxylation is 2. The van der Waals surface area contributed by atoms with Crippen LogP contribution in [0.15, 0.2) is 18.2 Å². The molecule has 1 aromatic heterocycles. The number of hydrogen-bond donors (Lipinski definition) is 2. The zero-order valence-electron chi connectivity index (χ0n) is 12.4. The topological polar surface area (TPSA) is 71.5 Å². The fraction of sp³-hybridized carbons (Fsp3) is 0.500. The first-order valence-electron chi connectivity index (χ1n) is 7.30. The van der Waals surface area contributed by atoms with Crippen molar-refractivity contribution in [1.29, 1.82) is 0 Å². The first-order valence-corrected chi connectivity index (χ1v) is 7.30. The van der Waals surface area contributed by atoms with E-state index in [0.717, 1.165) is 42.5 Å². The molecule has 0 radical (unpaired) electrons. The second-order valence-electron chi connectivity index (χ2n) is 5.44. The number of ether oxygens (including phenoxy) is 1. The molecule has 1 aromatic rings. The van der Waals surface area contributed by atoms with Crippen LogP contribution in [0.3, 0.4) is 0 Å². The molecule has 21 heavy (non-hydrogen) atoms. The molecule has 0 aliphatic heterocycles. The number of aromatic nitrogens is 1. The summed E-state index contributed by atoms with van der Waals surface area (Å²) >= 11 is 0. The summed E-state index contributed by atoms with van der Waals surface area (Å²) in [5, 5.41) is 12.4. The SMILES string of the molecule is C=C(C)COCCNc1nc2c(cc1C(=O)O)CCCC2. The second kappa shape index (κ2) is 7.22. The maximum Gasteiger partial charge on any atom is 0.339 e. The van der Waals surface area contributed by atoms with Gasteiger partial charge in [-0.2, -0.15) is 0 Å². The standard InChI is InChI=1S/C16H22N2O3/c1-11(2)10-21-8-7-17-15-13(16(19)20)9-12-5-3-4-6-14(12)18-15/h9H,1,3-8,10H2,2H3,(H,17,18)(H,19,20). The third kappa shape index (κ3) is 4.29. The van der Waals surface area contributed by atoms with E-state index in [-0.39, 0.29) is 5.56 Å². The molecule has 2 N–H and O–H groups in total. The molecule has 5 nitrogen and oxygen atoms in total. The summed E-state index contributed by atoms with van der Waals surface area (Å²) in [6.07, 6.45) is 4.07. The molecule has 0 fully saturated rings. The van der Waals surface area contributed by atoms with Crippen molar-refractivity contribution in [2.24, 2.45) is 0 Å². The number of fused-ring (bicyclic) bond motifs is 1. The van der Waals surface area contributed by atoms with Crippen LogP contribution in [0.4, 0.5) is 5.82 Å². The van der Waals surface area contributed by atoms with Gasteiger partial charge in [-0.1, -0.05) is 12.2 Å². The number of hydrogen-bond acceptors (Lipinski definition) is 4. The molecule has 0 aromatic carbocycles. The number of nitrogens with zero attached hydrogens (tertiary/aromatic N) is 1. The summed E-state index contributed by atoms with van der Waals surface area (Å²) in [5.74, 6) is -0.497. The Balaban J connectivity index is 2.03.